The molecule has 0 fully saturated rings. The minimum absolute atomic E-state index is 0. The van der Waals surface area contributed by atoms with E-state index in [1.165, 1.54) is 0 Å². The Morgan fingerprint density at radius 3 is 2.47 bits per heavy atom. The second kappa shape index (κ2) is 9.48. The summed E-state index contributed by atoms with van der Waals surface area (Å²) >= 11 is 0. The van der Waals surface area contributed by atoms with Gasteiger partial charge >= 0.3 is 0 Å². The summed E-state index contributed by atoms with van der Waals surface area (Å²) in [5, 5.41) is 2.19. The Kier molecular flexibility index (Phi) is 6.08. The monoisotopic (exact) mass is 619 g/mol. The Bertz CT molecular complexity index is 1680. The van der Waals surface area contributed by atoms with Crippen molar-refractivity contribution in [2.24, 2.45) is 0 Å². The van der Waals surface area contributed by atoms with Crippen LogP contribution in [-0.2, 0) is 20.1 Å². The molecule has 5 nitrogen and oxygen atoms in total. The SMILES string of the molecule is [Ir].[c-]1ccccc1-c1ccccn1.[c-]1coc2ccccc2c2cccc3c2n1c1nccn31. The maximum absolute atomic E-state index is 5.72. The number of para-hydroxylation sites is 2. The van der Waals surface area contributed by atoms with Crippen LogP contribution in [0.2, 0.25) is 0 Å². The van der Waals surface area contributed by atoms with Crippen LogP contribution in [0.4, 0.5) is 0 Å². The third-order valence-corrected chi connectivity index (χ3v) is 5.51. The van der Waals surface area contributed by atoms with Crippen LogP contribution in [0.25, 0.3) is 44.4 Å². The minimum Gasteiger partial charge on any atom is -0.476 e. The zero-order chi connectivity index (χ0) is 22.0. The number of fused-ring (bicyclic) bond motifs is 5. The van der Waals surface area contributed by atoms with Crippen LogP contribution in [0.5, 0.6) is 0 Å². The molecule has 167 valence electrons. The summed E-state index contributed by atoms with van der Waals surface area (Å²) in [5.74, 6) is 0.830. The zero-order valence-electron chi connectivity index (χ0n) is 17.9. The van der Waals surface area contributed by atoms with E-state index in [1.54, 1.807) is 18.7 Å². The van der Waals surface area contributed by atoms with Gasteiger partial charge in [-0.15, -0.1) is 35.9 Å². The van der Waals surface area contributed by atoms with Gasteiger partial charge in [-0.25, -0.2) is 0 Å². The molecule has 7 aromatic rings. The molecule has 6 heteroatoms. The molecule has 0 aliphatic heterocycles. The van der Waals surface area contributed by atoms with Crippen molar-refractivity contribution in [3.63, 3.8) is 0 Å². The first-order chi connectivity index (χ1) is 16.4. The Morgan fingerprint density at radius 2 is 1.62 bits per heavy atom. The Morgan fingerprint density at radius 1 is 0.765 bits per heavy atom. The van der Waals surface area contributed by atoms with Gasteiger partial charge in [0.05, 0.1) is 0 Å². The van der Waals surface area contributed by atoms with Crippen LogP contribution in [0.1, 0.15) is 0 Å². The first kappa shape index (κ1) is 21.8. The van der Waals surface area contributed by atoms with Gasteiger partial charge < -0.3 is 18.2 Å². The number of imidazole rings is 2. The minimum atomic E-state index is 0. The third kappa shape index (κ3) is 3.83. The Hall–Kier alpha value is -3.99. The molecular weight excluding hydrogens is 601 g/mol. The van der Waals surface area contributed by atoms with E-state index in [0.29, 0.717) is 0 Å². The molecule has 0 saturated carbocycles. The Balaban J connectivity index is 0.000000159. The third-order valence-electron chi connectivity index (χ3n) is 5.51. The van der Waals surface area contributed by atoms with Gasteiger partial charge in [0, 0.05) is 55.9 Å². The van der Waals surface area contributed by atoms with Gasteiger partial charge in [-0.05, 0) is 34.8 Å². The molecule has 0 unspecified atom stereocenters. The number of benzene rings is 3. The summed E-state index contributed by atoms with van der Waals surface area (Å²) < 4.78 is 9.73. The van der Waals surface area contributed by atoms with Crippen molar-refractivity contribution < 1.29 is 24.5 Å². The molecule has 34 heavy (non-hydrogen) atoms. The molecule has 4 aromatic heterocycles. The zero-order valence-corrected chi connectivity index (χ0v) is 20.3. The fourth-order valence-corrected chi connectivity index (χ4v) is 4.06. The van der Waals surface area contributed by atoms with Gasteiger partial charge in [-0.2, -0.15) is 0 Å². The molecule has 7 rings (SSSR count). The number of pyridine rings is 1. The summed E-state index contributed by atoms with van der Waals surface area (Å²) in [4.78, 5) is 8.64. The fourth-order valence-electron chi connectivity index (χ4n) is 4.06. The van der Waals surface area contributed by atoms with Crippen molar-refractivity contribution in [3.05, 3.63) is 122 Å². The van der Waals surface area contributed by atoms with Crippen molar-refractivity contribution in [2.75, 3.05) is 0 Å². The molecule has 0 saturated heterocycles. The first-order valence-electron chi connectivity index (χ1n) is 10.6. The molecule has 1 radical (unpaired) electrons. The number of hydrogen-bond donors (Lipinski definition) is 0. The van der Waals surface area contributed by atoms with Crippen molar-refractivity contribution in [2.45, 2.75) is 0 Å². The molecule has 0 aliphatic rings. The summed E-state index contributed by atoms with van der Waals surface area (Å²) in [6, 6.07) is 31.1. The smallest absolute Gasteiger partial charge is 0.131 e. The molecule has 4 heterocycles. The van der Waals surface area contributed by atoms with Gasteiger partial charge in [-0.1, -0.05) is 48.7 Å². The number of hydrogen-bond acceptors (Lipinski definition) is 3. The molecule has 0 spiro atoms. The van der Waals surface area contributed by atoms with Crippen molar-refractivity contribution in [1.29, 1.82) is 0 Å². The van der Waals surface area contributed by atoms with Crippen molar-refractivity contribution in [1.82, 2.24) is 18.8 Å². The largest absolute Gasteiger partial charge is 0.476 e. The van der Waals surface area contributed by atoms with E-state index in [0.717, 1.165) is 44.4 Å². The quantitative estimate of drug-likeness (QED) is 0.200. The number of rotatable bonds is 1. The van der Waals surface area contributed by atoms with Crippen LogP contribution in [0, 0.1) is 12.3 Å². The standard InChI is InChI=1S/C17H10N3O.C11H8N.Ir/c1-2-7-15-12(4-1)13-5-3-6-14-16(13)20(10-11-21-15)17-18-8-9-19(14)17;1-2-6-10(7-3-1)11-8-4-5-9-12-11;/h1-9,11H;1-6,8-9H;/q2*-1;. The van der Waals surface area contributed by atoms with Crippen molar-refractivity contribution in [3.8, 4) is 11.3 Å². The van der Waals surface area contributed by atoms with Crippen LogP contribution in [-0.4, -0.2) is 18.8 Å². The normalized spacial score (nSPS) is 10.7. The van der Waals surface area contributed by atoms with E-state index in [4.69, 9.17) is 4.42 Å². The van der Waals surface area contributed by atoms with Crippen LogP contribution < -0.4 is 0 Å². The number of nitrogens with zero attached hydrogens (tertiary/aromatic N) is 4. The van der Waals surface area contributed by atoms with E-state index in [1.807, 2.05) is 71.3 Å². The summed E-state index contributed by atoms with van der Waals surface area (Å²) in [5.41, 5.74) is 5.05. The van der Waals surface area contributed by atoms with Crippen LogP contribution >= 0.6 is 0 Å². The average molecular weight is 619 g/mol. The summed E-state index contributed by atoms with van der Waals surface area (Å²) in [6.07, 6.45) is 10.3. The molecule has 0 N–H and O–H groups in total. The fraction of sp³-hybridized carbons (Fsp3) is 0. The molecule has 0 amide bonds. The number of aromatic nitrogens is 4. The predicted molar refractivity (Wildman–Crippen MR) is 130 cm³/mol. The maximum atomic E-state index is 5.72. The molecule has 3 aromatic carbocycles. The second-order valence-electron chi connectivity index (χ2n) is 7.46. The average Bonchev–Trinajstić information content (AvgIpc) is 3.47. The first-order valence-corrected chi connectivity index (χ1v) is 10.6. The van der Waals surface area contributed by atoms with Gasteiger partial charge in [-0.3, -0.25) is 4.98 Å². The van der Waals surface area contributed by atoms with Gasteiger partial charge in [0.15, 0.2) is 0 Å². The molecule has 0 aliphatic carbocycles. The van der Waals surface area contributed by atoms with E-state index >= 15 is 0 Å². The second-order valence-corrected chi connectivity index (χ2v) is 7.46. The summed E-state index contributed by atoms with van der Waals surface area (Å²) in [6.45, 7) is 0. The van der Waals surface area contributed by atoms with Gasteiger partial charge in [0.1, 0.15) is 11.4 Å². The van der Waals surface area contributed by atoms with Gasteiger partial charge in [0.25, 0.3) is 0 Å². The Labute approximate surface area is 209 Å². The topological polar surface area (TPSA) is 47.7 Å². The van der Waals surface area contributed by atoms with E-state index in [2.05, 4.69) is 50.9 Å². The maximum Gasteiger partial charge on any atom is 0.131 e. The predicted octanol–water partition coefficient (Wildman–Crippen LogP) is 6.40. The molecule has 0 bridgehead atoms. The van der Waals surface area contributed by atoms with E-state index in [9.17, 15) is 0 Å². The molecule has 0 atom stereocenters. The van der Waals surface area contributed by atoms with Gasteiger partial charge in [0.2, 0.25) is 0 Å². The van der Waals surface area contributed by atoms with E-state index in [-0.39, 0.29) is 20.1 Å². The van der Waals surface area contributed by atoms with Crippen LogP contribution in [0.15, 0.2) is 114 Å². The molecular formula is C28H18IrN4O-2. The summed E-state index contributed by atoms with van der Waals surface area (Å²) in [7, 11) is 0. The van der Waals surface area contributed by atoms with E-state index < -0.39 is 0 Å². The van der Waals surface area contributed by atoms with Crippen molar-refractivity contribution >= 4 is 33.2 Å². The van der Waals surface area contributed by atoms with Crippen LogP contribution in [0.3, 0.4) is 0 Å².